The van der Waals surface area contributed by atoms with E-state index in [1.807, 2.05) is 0 Å². The van der Waals surface area contributed by atoms with E-state index in [4.69, 9.17) is 0 Å². The second-order valence-electron chi connectivity index (χ2n) is 6.46. The van der Waals surface area contributed by atoms with E-state index in [9.17, 15) is 0 Å². The first-order chi connectivity index (χ1) is 9.09. The largest absolute Gasteiger partial charge is 0.316 e. The Morgan fingerprint density at radius 3 is 2.79 bits per heavy atom. The summed E-state index contributed by atoms with van der Waals surface area (Å²) in [5, 5.41) is 7.19. The third kappa shape index (κ3) is 4.05. The molecule has 0 bridgehead atoms. The summed E-state index contributed by atoms with van der Waals surface area (Å²) >= 11 is 0. The molecule has 0 radical (unpaired) electrons. The van der Waals surface area contributed by atoms with E-state index < -0.39 is 0 Å². The number of hydrogen-bond donors (Lipinski definition) is 2. The maximum atomic E-state index is 3.64. The van der Waals surface area contributed by atoms with Gasteiger partial charge in [-0.1, -0.05) is 38.1 Å². The van der Waals surface area contributed by atoms with Crippen LogP contribution in [0.3, 0.4) is 0 Å². The van der Waals surface area contributed by atoms with Gasteiger partial charge in [0.25, 0.3) is 0 Å². The lowest BCUT2D eigenvalue weighted by Gasteiger charge is -2.28. The highest BCUT2D eigenvalue weighted by molar-refractivity contribution is 5.32. The van der Waals surface area contributed by atoms with E-state index in [-0.39, 0.29) is 5.41 Å². The first kappa shape index (κ1) is 14.5. The van der Waals surface area contributed by atoms with Crippen molar-refractivity contribution in [1.82, 2.24) is 10.6 Å². The monoisotopic (exact) mass is 260 g/mol. The number of benzene rings is 1. The fourth-order valence-corrected chi connectivity index (χ4v) is 3.11. The zero-order valence-corrected chi connectivity index (χ0v) is 12.6. The molecule has 2 heteroatoms. The Labute approximate surface area is 118 Å². The van der Waals surface area contributed by atoms with Gasteiger partial charge in [-0.25, -0.2) is 0 Å². The van der Waals surface area contributed by atoms with Crippen molar-refractivity contribution in [3.63, 3.8) is 0 Å². The topological polar surface area (TPSA) is 24.1 Å². The van der Waals surface area contributed by atoms with Crippen molar-refractivity contribution in [1.29, 1.82) is 0 Å². The van der Waals surface area contributed by atoms with Crippen LogP contribution in [0.2, 0.25) is 0 Å². The summed E-state index contributed by atoms with van der Waals surface area (Å²) < 4.78 is 0. The first-order valence-electron chi connectivity index (χ1n) is 7.60. The summed E-state index contributed by atoms with van der Waals surface area (Å²) in [5.74, 6) is 0. The number of rotatable bonds is 6. The van der Waals surface area contributed by atoms with Gasteiger partial charge in [-0.15, -0.1) is 0 Å². The molecule has 2 rings (SSSR count). The normalized spacial score (nSPS) is 19.8. The molecule has 0 amide bonds. The fourth-order valence-electron chi connectivity index (χ4n) is 3.11. The molecule has 1 aromatic carbocycles. The third-order valence-corrected chi connectivity index (χ3v) is 4.27. The SMILES string of the molecule is Cc1ccccc1C(C)(C)CNCCC1CCCN1. The molecule has 0 aromatic heterocycles. The molecule has 1 aliphatic rings. The second-order valence-corrected chi connectivity index (χ2v) is 6.46. The lowest BCUT2D eigenvalue weighted by Crippen LogP contribution is -2.36. The Morgan fingerprint density at radius 2 is 2.11 bits per heavy atom. The smallest absolute Gasteiger partial charge is 0.00796 e. The summed E-state index contributed by atoms with van der Waals surface area (Å²) in [6, 6.07) is 9.48. The summed E-state index contributed by atoms with van der Waals surface area (Å²) in [4.78, 5) is 0. The van der Waals surface area contributed by atoms with Gasteiger partial charge in [-0.2, -0.15) is 0 Å². The van der Waals surface area contributed by atoms with Crippen molar-refractivity contribution in [3.8, 4) is 0 Å². The fraction of sp³-hybridized carbons (Fsp3) is 0.647. The molecule has 0 aliphatic carbocycles. The van der Waals surface area contributed by atoms with Crippen molar-refractivity contribution >= 4 is 0 Å². The van der Waals surface area contributed by atoms with Gasteiger partial charge < -0.3 is 10.6 Å². The molecule has 1 saturated heterocycles. The Balaban J connectivity index is 1.79. The molecule has 2 nitrogen and oxygen atoms in total. The lowest BCUT2D eigenvalue weighted by atomic mass is 9.82. The Bertz CT molecular complexity index is 392. The van der Waals surface area contributed by atoms with Gasteiger partial charge in [-0.05, 0) is 50.4 Å². The van der Waals surface area contributed by atoms with Crippen LogP contribution in [0.1, 0.15) is 44.2 Å². The van der Waals surface area contributed by atoms with Crippen molar-refractivity contribution < 1.29 is 0 Å². The minimum atomic E-state index is 0.203. The molecule has 0 spiro atoms. The van der Waals surface area contributed by atoms with Crippen molar-refractivity contribution in [2.24, 2.45) is 0 Å². The minimum Gasteiger partial charge on any atom is -0.316 e. The predicted molar refractivity (Wildman–Crippen MR) is 82.7 cm³/mol. The van der Waals surface area contributed by atoms with Gasteiger partial charge in [-0.3, -0.25) is 0 Å². The van der Waals surface area contributed by atoms with Gasteiger partial charge in [0.1, 0.15) is 0 Å². The molecule has 19 heavy (non-hydrogen) atoms. The highest BCUT2D eigenvalue weighted by atomic mass is 15.0. The van der Waals surface area contributed by atoms with Crippen molar-refractivity contribution in [2.45, 2.75) is 51.5 Å². The van der Waals surface area contributed by atoms with E-state index >= 15 is 0 Å². The molecule has 106 valence electrons. The predicted octanol–water partition coefficient (Wildman–Crippen LogP) is 3.00. The number of aryl methyl sites for hydroxylation is 1. The lowest BCUT2D eigenvalue weighted by molar-refractivity contribution is 0.445. The first-order valence-corrected chi connectivity index (χ1v) is 7.60. The van der Waals surface area contributed by atoms with E-state index in [0.717, 1.165) is 19.1 Å². The van der Waals surface area contributed by atoms with Crippen LogP contribution < -0.4 is 10.6 Å². The van der Waals surface area contributed by atoms with Crippen LogP contribution in [0.25, 0.3) is 0 Å². The average Bonchev–Trinajstić information content (AvgIpc) is 2.88. The van der Waals surface area contributed by atoms with Crippen LogP contribution in [0.15, 0.2) is 24.3 Å². The van der Waals surface area contributed by atoms with E-state index in [1.165, 1.54) is 36.9 Å². The average molecular weight is 260 g/mol. The van der Waals surface area contributed by atoms with Gasteiger partial charge in [0.15, 0.2) is 0 Å². The van der Waals surface area contributed by atoms with Crippen molar-refractivity contribution in [3.05, 3.63) is 35.4 Å². The number of hydrogen-bond acceptors (Lipinski definition) is 2. The quantitative estimate of drug-likeness (QED) is 0.768. The summed E-state index contributed by atoms with van der Waals surface area (Å²) in [6.07, 6.45) is 3.95. The second kappa shape index (κ2) is 6.53. The Kier molecular flexibility index (Phi) is 5.00. The summed E-state index contributed by atoms with van der Waals surface area (Å²) in [5.41, 5.74) is 3.06. The van der Waals surface area contributed by atoms with Crippen LogP contribution in [0.5, 0.6) is 0 Å². The molecule has 1 heterocycles. The third-order valence-electron chi connectivity index (χ3n) is 4.27. The maximum Gasteiger partial charge on any atom is 0.00796 e. The van der Waals surface area contributed by atoms with Gasteiger partial charge in [0.2, 0.25) is 0 Å². The molecule has 1 aromatic rings. The van der Waals surface area contributed by atoms with Gasteiger partial charge in [0.05, 0.1) is 0 Å². The number of nitrogens with one attached hydrogen (secondary N) is 2. The van der Waals surface area contributed by atoms with E-state index in [2.05, 4.69) is 55.7 Å². The molecule has 1 atom stereocenters. The Morgan fingerprint density at radius 1 is 1.32 bits per heavy atom. The molecule has 0 saturated carbocycles. The molecule has 1 fully saturated rings. The van der Waals surface area contributed by atoms with Crippen LogP contribution in [0, 0.1) is 6.92 Å². The molecule has 1 unspecified atom stereocenters. The maximum absolute atomic E-state index is 3.64. The molecule has 1 aliphatic heterocycles. The van der Waals surface area contributed by atoms with Crippen LogP contribution >= 0.6 is 0 Å². The van der Waals surface area contributed by atoms with Crippen LogP contribution in [0.4, 0.5) is 0 Å². The highest BCUT2D eigenvalue weighted by Gasteiger charge is 2.22. The summed E-state index contributed by atoms with van der Waals surface area (Å²) in [7, 11) is 0. The van der Waals surface area contributed by atoms with Gasteiger partial charge in [0, 0.05) is 18.0 Å². The molecular weight excluding hydrogens is 232 g/mol. The van der Waals surface area contributed by atoms with E-state index in [1.54, 1.807) is 0 Å². The minimum absolute atomic E-state index is 0.203. The van der Waals surface area contributed by atoms with Crippen molar-refractivity contribution in [2.75, 3.05) is 19.6 Å². The molecule has 2 N–H and O–H groups in total. The standard InChI is InChI=1S/C17H28N2/c1-14-7-4-5-9-16(14)17(2,3)13-18-12-10-15-8-6-11-19-15/h4-5,7,9,15,18-19H,6,8,10-13H2,1-3H3. The van der Waals surface area contributed by atoms with Crippen LogP contribution in [-0.2, 0) is 5.41 Å². The van der Waals surface area contributed by atoms with E-state index in [0.29, 0.717) is 0 Å². The highest BCUT2D eigenvalue weighted by Crippen LogP contribution is 2.25. The zero-order valence-electron chi connectivity index (χ0n) is 12.6. The molecular formula is C17H28N2. The van der Waals surface area contributed by atoms with Crippen LogP contribution in [-0.4, -0.2) is 25.7 Å². The van der Waals surface area contributed by atoms with Gasteiger partial charge >= 0.3 is 0 Å². The Hall–Kier alpha value is -0.860. The summed E-state index contributed by atoms with van der Waals surface area (Å²) in [6.45, 7) is 10.2. The zero-order chi connectivity index (χ0) is 13.7.